The average Bonchev–Trinajstić information content (AvgIpc) is 2.89. The Hall–Kier alpha value is -2.22. The Labute approximate surface area is 136 Å². The summed E-state index contributed by atoms with van der Waals surface area (Å²) < 4.78 is 1.39. The van der Waals surface area contributed by atoms with E-state index in [9.17, 15) is 14.4 Å². The van der Waals surface area contributed by atoms with Crippen molar-refractivity contribution in [2.24, 2.45) is 5.92 Å². The van der Waals surface area contributed by atoms with Crippen molar-refractivity contribution in [1.29, 1.82) is 0 Å². The fourth-order valence-corrected chi connectivity index (χ4v) is 3.68. The second-order valence-corrected chi connectivity index (χ2v) is 7.04. The summed E-state index contributed by atoms with van der Waals surface area (Å²) >= 11 is 1.39. The van der Waals surface area contributed by atoms with Crippen molar-refractivity contribution in [2.75, 3.05) is 0 Å². The van der Waals surface area contributed by atoms with Crippen molar-refractivity contribution in [1.82, 2.24) is 14.7 Å². The first-order valence-corrected chi connectivity index (χ1v) is 8.29. The highest BCUT2D eigenvalue weighted by atomic mass is 32.1. The quantitative estimate of drug-likeness (QED) is 0.884. The number of aryl methyl sites for hydroxylation is 1. The molecule has 2 heterocycles. The number of aromatic nitrogens is 2. The van der Waals surface area contributed by atoms with Crippen LogP contribution in [0, 0.1) is 12.8 Å². The molecule has 1 aliphatic rings. The number of nitrogens with one attached hydrogen (secondary N) is 1. The number of fused-ring (bicyclic) bond motifs is 1. The van der Waals surface area contributed by atoms with Gasteiger partial charge in [0.1, 0.15) is 5.56 Å². The highest BCUT2D eigenvalue weighted by Crippen LogP contribution is 2.24. The number of thiazole rings is 1. The molecule has 0 aliphatic heterocycles. The second-order valence-electron chi connectivity index (χ2n) is 5.83. The van der Waals surface area contributed by atoms with E-state index in [2.05, 4.69) is 10.3 Å². The minimum Gasteiger partial charge on any atom is -0.481 e. The molecule has 1 fully saturated rings. The molecule has 7 nitrogen and oxygen atoms in total. The second kappa shape index (κ2) is 6.11. The number of rotatable bonds is 3. The molecule has 0 spiro atoms. The molecule has 1 saturated carbocycles. The highest BCUT2D eigenvalue weighted by molar-refractivity contribution is 7.16. The van der Waals surface area contributed by atoms with E-state index < -0.39 is 11.9 Å². The Morgan fingerprint density at radius 3 is 2.70 bits per heavy atom. The van der Waals surface area contributed by atoms with Crippen LogP contribution in [0.25, 0.3) is 4.96 Å². The maximum absolute atomic E-state index is 12.4. The Bertz CT molecular complexity index is 818. The van der Waals surface area contributed by atoms with Gasteiger partial charge in [0.25, 0.3) is 11.5 Å². The van der Waals surface area contributed by atoms with Crippen molar-refractivity contribution in [2.45, 2.75) is 38.6 Å². The largest absolute Gasteiger partial charge is 0.481 e. The molecular formula is C15H17N3O4S. The Balaban J connectivity index is 1.73. The minimum atomic E-state index is -0.782. The molecule has 2 aromatic heterocycles. The van der Waals surface area contributed by atoms with Crippen LogP contribution in [-0.2, 0) is 4.79 Å². The average molecular weight is 335 g/mol. The number of carboxylic acids is 1. The van der Waals surface area contributed by atoms with Gasteiger partial charge in [-0.05, 0) is 32.6 Å². The molecule has 0 aromatic carbocycles. The third-order valence-corrected chi connectivity index (χ3v) is 5.09. The van der Waals surface area contributed by atoms with Gasteiger partial charge >= 0.3 is 5.97 Å². The van der Waals surface area contributed by atoms with E-state index in [1.165, 1.54) is 21.9 Å². The van der Waals surface area contributed by atoms with E-state index in [4.69, 9.17) is 5.11 Å². The van der Waals surface area contributed by atoms with E-state index in [-0.39, 0.29) is 23.1 Å². The van der Waals surface area contributed by atoms with E-state index in [0.29, 0.717) is 30.6 Å². The summed E-state index contributed by atoms with van der Waals surface area (Å²) in [4.78, 5) is 41.3. The van der Waals surface area contributed by atoms with Crippen LogP contribution in [0.2, 0.25) is 0 Å². The first-order chi connectivity index (χ1) is 11.0. The molecule has 0 bridgehead atoms. The van der Waals surface area contributed by atoms with Crippen LogP contribution in [0.1, 0.15) is 40.9 Å². The summed E-state index contributed by atoms with van der Waals surface area (Å²) in [6.07, 6.45) is 5.28. The van der Waals surface area contributed by atoms with Gasteiger partial charge in [-0.3, -0.25) is 18.8 Å². The Morgan fingerprint density at radius 1 is 1.35 bits per heavy atom. The molecular weight excluding hydrogens is 318 g/mol. The zero-order valence-electron chi connectivity index (χ0n) is 12.6. The standard InChI is InChI=1S/C15H17N3O4S/c1-8-7-18-13(20)11(6-16-15(18)23-8)12(19)17-10-4-2-9(3-5-10)14(21)22/h6-7,9-10H,2-5H2,1H3,(H,17,19)(H,21,22). The van der Waals surface area contributed by atoms with Gasteiger partial charge in [0, 0.05) is 23.3 Å². The minimum absolute atomic E-state index is 0.0145. The molecule has 122 valence electrons. The van der Waals surface area contributed by atoms with Gasteiger partial charge in [0.2, 0.25) is 0 Å². The van der Waals surface area contributed by atoms with E-state index >= 15 is 0 Å². The summed E-state index contributed by atoms with van der Waals surface area (Å²) in [6.45, 7) is 1.87. The first-order valence-electron chi connectivity index (χ1n) is 7.47. The van der Waals surface area contributed by atoms with Crippen molar-refractivity contribution >= 4 is 28.2 Å². The molecule has 1 amide bonds. The maximum Gasteiger partial charge on any atom is 0.306 e. The third-order valence-electron chi connectivity index (χ3n) is 4.18. The lowest BCUT2D eigenvalue weighted by Crippen LogP contribution is -2.41. The molecule has 1 aliphatic carbocycles. The molecule has 0 atom stereocenters. The van der Waals surface area contributed by atoms with Crippen molar-refractivity contribution in [3.63, 3.8) is 0 Å². The first kappa shape index (κ1) is 15.7. The third kappa shape index (κ3) is 3.12. The number of carboxylic acid groups (broad SMARTS) is 1. The van der Waals surface area contributed by atoms with Gasteiger partial charge in [-0.1, -0.05) is 0 Å². The van der Waals surface area contributed by atoms with Crippen LogP contribution < -0.4 is 10.9 Å². The monoisotopic (exact) mass is 335 g/mol. The summed E-state index contributed by atoms with van der Waals surface area (Å²) in [5.74, 6) is -1.56. The van der Waals surface area contributed by atoms with Crippen molar-refractivity contribution in [3.8, 4) is 0 Å². The van der Waals surface area contributed by atoms with Crippen LogP contribution in [0.5, 0.6) is 0 Å². The van der Waals surface area contributed by atoms with Crippen LogP contribution in [0.15, 0.2) is 17.2 Å². The van der Waals surface area contributed by atoms with Crippen LogP contribution in [0.3, 0.4) is 0 Å². The lowest BCUT2D eigenvalue weighted by molar-refractivity contribution is -0.142. The van der Waals surface area contributed by atoms with Crippen molar-refractivity contribution < 1.29 is 14.7 Å². The Morgan fingerprint density at radius 2 is 2.04 bits per heavy atom. The lowest BCUT2D eigenvalue weighted by atomic mass is 9.86. The zero-order valence-corrected chi connectivity index (χ0v) is 13.4. The number of hydrogen-bond donors (Lipinski definition) is 2. The summed E-state index contributed by atoms with van der Waals surface area (Å²) in [7, 11) is 0. The lowest BCUT2D eigenvalue weighted by Gasteiger charge is -2.26. The number of aliphatic carboxylic acids is 1. The topological polar surface area (TPSA) is 101 Å². The predicted octanol–water partition coefficient (Wildman–Crippen LogP) is 1.44. The Kier molecular flexibility index (Phi) is 4.16. The van der Waals surface area contributed by atoms with Gasteiger partial charge in [-0.15, -0.1) is 11.3 Å². The van der Waals surface area contributed by atoms with E-state index in [1.54, 1.807) is 6.20 Å². The predicted molar refractivity (Wildman–Crippen MR) is 84.9 cm³/mol. The van der Waals surface area contributed by atoms with Gasteiger partial charge < -0.3 is 10.4 Å². The number of amides is 1. The SMILES string of the molecule is Cc1cn2c(=O)c(C(=O)NC3CCC(C(=O)O)CC3)cnc2s1. The van der Waals surface area contributed by atoms with Crippen LogP contribution in [-0.4, -0.2) is 32.4 Å². The molecule has 2 aromatic rings. The van der Waals surface area contributed by atoms with Gasteiger partial charge in [-0.25, -0.2) is 4.98 Å². The number of hydrogen-bond acceptors (Lipinski definition) is 5. The summed E-state index contributed by atoms with van der Waals surface area (Å²) in [5.41, 5.74) is -0.364. The fraction of sp³-hybridized carbons (Fsp3) is 0.467. The molecule has 3 rings (SSSR count). The van der Waals surface area contributed by atoms with Gasteiger partial charge in [0.05, 0.1) is 5.92 Å². The molecule has 0 saturated heterocycles. The molecule has 23 heavy (non-hydrogen) atoms. The van der Waals surface area contributed by atoms with Gasteiger partial charge in [-0.2, -0.15) is 0 Å². The normalized spacial score (nSPS) is 21.3. The summed E-state index contributed by atoms with van der Waals surface area (Å²) in [5, 5.41) is 11.8. The summed E-state index contributed by atoms with van der Waals surface area (Å²) in [6, 6.07) is -0.0950. The smallest absolute Gasteiger partial charge is 0.306 e. The molecule has 8 heteroatoms. The van der Waals surface area contributed by atoms with Gasteiger partial charge in [0.15, 0.2) is 4.96 Å². The maximum atomic E-state index is 12.4. The van der Waals surface area contributed by atoms with E-state index in [1.807, 2.05) is 6.92 Å². The van der Waals surface area contributed by atoms with Crippen LogP contribution >= 0.6 is 11.3 Å². The molecule has 2 N–H and O–H groups in total. The molecule has 0 unspecified atom stereocenters. The highest BCUT2D eigenvalue weighted by Gasteiger charge is 2.27. The number of carbonyl (C=O) groups is 2. The zero-order chi connectivity index (χ0) is 16.6. The van der Waals surface area contributed by atoms with Crippen LogP contribution in [0.4, 0.5) is 0 Å². The molecule has 0 radical (unpaired) electrons. The fourth-order valence-electron chi connectivity index (χ4n) is 2.90. The number of nitrogens with zero attached hydrogens (tertiary/aromatic N) is 2. The van der Waals surface area contributed by atoms with Crippen molar-refractivity contribution in [3.05, 3.63) is 33.2 Å². The van der Waals surface area contributed by atoms with E-state index in [0.717, 1.165) is 4.88 Å². The number of carbonyl (C=O) groups excluding carboxylic acids is 1.